The molecule has 2 rings (SSSR count). The second kappa shape index (κ2) is 5.83. The molecule has 0 atom stereocenters. The average molecular weight is 314 g/mol. The van der Waals surface area contributed by atoms with Gasteiger partial charge in [-0.25, -0.2) is 4.39 Å². The van der Waals surface area contributed by atoms with Gasteiger partial charge in [0.05, 0.1) is 10.0 Å². The molecule has 1 amide bonds. The smallest absolute Gasteiger partial charge is 0.254 e. The van der Waals surface area contributed by atoms with Gasteiger partial charge < -0.3 is 4.90 Å². The van der Waals surface area contributed by atoms with Gasteiger partial charge in [0.15, 0.2) is 0 Å². The molecule has 4 heteroatoms. The minimum Gasteiger partial charge on any atom is -0.341 e. The molecule has 0 N–H and O–H groups in total. The Morgan fingerprint density at radius 2 is 2.11 bits per heavy atom. The van der Waals surface area contributed by atoms with Crippen molar-refractivity contribution in [3.05, 3.63) is 34.1 Å². The van der Waals surface area contributed by atoms with E-state index in [1.54, 1.807) is 24.1 Å². The highest BCUT2D eigenvalue weighted by molar-refractivity contribution is 9.10. The summed E-state index contributed by atoms with van der Waals surface area (Å²) >= 11 is 3.14. The molecule has 0 unspecified atom stereocenters. The Bertz CT molecular complexity index is 443. The van der Waals surface area contributed by atoms with E-state index in [9.17, 15) is 9.18 Å². The molecule has 0 saturated heterocycles. The van der Waals surface area contributed by atoms with Crippen molar-refractivity contribution in [1.82, 2.24) is 4.90 Å². The first-order chi connectivity index (χ1) is 8.59. The first kappa shape index (κ1) is 13.5. The summed E-state index contributed by atoms with van der Waals surface area (Å²) in [5, 5.41) is 0. The van der Waals surface area contributed by atoms with Crippen molar-refractivity contribution in [1.29, 1.82) is 0 Å². The standard InChI is InChI=1S/C14H17BrFNO/c1-17(9-10-5-2-3-6-10)14(18)11-7-4-8-12(16)13(11)15/h4,7-8,10H,2-3,5-6,9H2,1H3. The van der Waals surface area contributed by atoms with E-state index in [0.29, 0.717) is 11.5 Å². The third kappa shape index (κ3) is 2.91. The molecule has 0 bridgehead atoms. The van der Waals surface area contributed by atoms with Crippen LogP contribution in [0.1, 0.15) is 36.0 Å². The second-order valence-electron chi connectivity index (χ2n) is 4.94. The molecule has 0 heterocycles. The predicted octanol–water partition coefficient (Wildman–Crippen LogP) is 3.85. The van der Waals surface area contributed by atoms with Crippen molar-refractivity contribution in [3.63, 3.8) is 0 Å². The van der Waals surface area contributed by atoms with E-state index in [1.807, 2.05) is 0 Å². The van der Waals surface area contributed by atoms with E-state index in [0.717, 1.165) is 6.54 Å². The monoisotopic (exact) mass is 313 g/mol. The Balaban J connectivity index is 2.07. The maximum Gasteiger partial charge on any atom is 0.254 e. The highest BCUT2D eigenvalue weighted by atomic mass is 79.9. The van der Waals surface area contributed by atoms with Crippen LogP contribution in [0.25, 0.3) is 0 Å². The van der Waals surface area contributed by atoms with E-state index in [2.05, 4.69) is 15.9 Å². The SMILES string of the molecule is CN(CC1CCCC1)C(=O)c1cccc(F)c1Br. The lowest BCUT2D eigenvalue weighted by Crippen LogP contribution is -2.31. The number of carbonyl (C=O) groups is 1. The number of benzene rings is 1. The van der Waals surface area contributed by atoms with E-state index in [4.69, 9.17) is 0 Å². The molecular formula is C14H17BrFNO. The molecule has 2 nitrogen and oxygen atoms in total. The van der Waals surface area contributed by atoms with Gasteiger partial charge in [0, 0.05) is 13.6 Å². The van der Waals surface area contributed by atoms with Gasteiger partial charge in [0.2, 0.25) is 0 Å². The van der Waals surface area contributed by atoms with Gasteiger partial charge in [0.25, 0.3) is 5.91 Å². The minimum atomic E-state index is -0.393. The molecule has 1 aromatic carbocycles. The molecule has 0 radical (unpaired) electrons. The quantitative estimate of drug-likeness (QED) is 0.830. The number of halogens is 2. The van der Waals surface area contributed by atoms with Crippen LogP contribution in [-0.4, -0.2) is 24.4 Å². The minimum absolute atomic E-state index is 0.117. The van der Waals surface area contributed by atoms with Crippen LogP contribution in [-0.2, 0) is 0 Å². The van der Waals surface area contributed by atoms with Gasteiger partial charge in [-0.05, 0) is 46.8 Å². The van der Waals surface area contributed by atoms with E-state index >= 15 is 0 Å². The number of carbonyl (C=O) groups excluding carboxylic acids is 1. The van der Waals surface area contributed by atoms with Crippen molar-refractivity contribution in [3.8, 4) is 0 Å². The topological polar surface area (TPSA) is 20.3 Å². The van der Waals surface area contributed by atoms with Crippen LogP contribution in [0.4, 0.5) is 4.39 Å². The Hall–Kier alpha value is -0.900. The molecule has 18 heavy (non-hydrogen) atoms. The van der Waals surface area contributed by atoms with Gasteiger partial charge >= 0.3 is 0 Å². The summed E-state index contributed by atoms with van der Waals surface area (Å²) in [6.07, 6.45) is 4.91. The van der Waals surface area contributed by atoms with Crippen molar-refractivity contribution in [2.75, 3.05) is 13.6 Å². The van der Waals surface area contributed by atoms with Gasteiger partial charge in [-0.1, -0.05) is 18.9 Å². The van der Waals surface area contributed by atoms with Crippen molar-refractivity contribution in [2.24, 2.45) is 5.92 Å². The first-order valence-electron chi connectivity index (χ1n) is 6.29. The summed E-state index contributed by atoms with van der Waals surface area (Å²) in [5.41, 5.74) is 0.399. The van der Waals surface area contributed by atoms with E-state index in [1.165, 1.54) is 31.7 Å². The predicted molar refractivity (Wildman–Crippen MR) is 73.0 cm³/mol. The average Bonchev–Trinajstić information content (AvgIpc) is 2.84. The Labute approximate surface area is 115 Å². The van der Waals surface area contributed by atoms with Gasteiger partial charge in [-0.2, -0.15) is 0 Å². The fourth-order valence-corrected chi connectivity index (χ4v) is 2.97. The zero-order valence-electron chi connectivity index (χ0n) is 10.5. The van der Waals surface area contributed by atoms with Crippen LogP contribution in [0.5, 0.6) is 0 Å². The number of hydrogen-bond donors (Lipinski definition) is 0. The molecule has 0 aromatic heterocycles. The first-order valence-corrected chi connectivity index (χ1v) is 7.08. The van der Waals surface area contributed by atoms with Gasteiger partial charge in [-0.15, -0.1) is 0 Å². The molecule has 1 aromatic rings. The summed E-state index contributed by atoms with van der Waals surface area (Å²) in [7, 11) is 1.79. The zero-order chi connectivity index (χ0) is 13.1. The summed E-state index contributed by atoms with van der Waals surface area (Å²) in [5.74, 6) is 0.0923. The largest absolute Gasteiger partial charge is 0.341 e. The third-order valence-corrected chi connectivity index (χ3v) is 4.34. The Morgan fingerprint density at radius 1 is 1.44 bits per heavy atom. The normalized spacial score (nSPS) is 15.9. The fraction of sp³-hybridized carbons (Fsp3) is 0.500. The fourth-order valence-electron chi connectivity index (χ4n) is 2.54. The summed E-state index contributed by atoms with van der Waals surface area (Å²) < 4.78 is 13.6. The maximum atomic E-state index is 13.4. The van der Waals surface area contributed by atoms with E-state index in [-0.39, 0.29) is 10.4 Å². The lowest BCUT2D eigenvalue weighted by Gasteiger charge is -2.21. The maximum absolute atomic E-state index is 13.4. The Kier molecular flexibility index (Phi) is 4.38. The van der Waals surface area contributed by atoms with Crippen molar-refractivity contribution < 1.29 is 9.18 Å². The number of nitrogens with zero attached hydrogens (tertiary/aromatic N) is 1. The van der Waals surface area contributed by atoms with Crippen LogP contribution in [0.3, 0.4) is 0 Å². The number of amides is 1. The third-order valence-electron chi connectivity index (χ3n) is 3.54. The highest BCUT2D eigenvalue weighted by Crippen LogP contribution is 2.26. The second-order valence-corrected chi connectivity index (χ2v) is 5.73. The molecule has 1 aliphatic rings. The molecule has 1 aliphatic carbocycles. The molecule has 1 saturated carbocycles. The van der Waals surface area contributed by atoms with Crippen LogP contribution in [0, 0.1) is 11.7 Å². The summed E-state index contributed by atoms with van der Waals surface area (Å²) in [4.78, 5) is 13.9. The lowest BCUT2D eigenvalue weighted by atomic mass is 10.1. The van der Waals surface area contributed by atoms with Gasteiger partial charge in [0.1, 0.15) is 5.82 Å². The number of hydrogen-bond acceptors (Lipinski definition) is 1. The van der Waals surface area contributed by atoms with Crippen molar-refractivity contribution in [2.45, 2.75) is 25.7 Å². The van der Waals surface area contributed by atoms with E-state index < -0.39 is 5.82 Å². The summed E-state index contributed by atoms with van der Waals surface area (Å²) in [6, 6.07) is 4.56. The molecule has 98 valence electrons. The Morgan fingerprint density at radius 3 is 2.78 bits per heavy atom. The molecule has 0 spiro atoms. The lowest BCUT2D eigenvalue weighted by molar-refractivity contribution is 0.0772. The summed E-state index contributed by atoms with van der Waals surface area (Å²) in [6.45, 7) is 0.766. The van der Waals surface area contributed by atoms with Gasteiger partial charge in [-0.3, -0.25) is 4.79 Å². The molecule has 1 fully saturated rings. The van der Waals surface area contributed by atoms with Crippen LogP contribution in [0.15, 0.2) is 22.7 Å². The molecular weight excluding hydrogens is 297 g/mol. The zero-order valence-corrected chi connectivity index (χ0v) is 12.0. The highest BCUT2D eigenvalue weighted by Gasteiger charge is 2.22. The van der Waals surface area contributed by atoms with Crippen LogP contribution >= 0.6 is 15.9 Å². The van der Waals surface area contributed by atoms with Crippen LogP contribution < -0.4 is 0 Å². The van der Waals surface area contributed by atoms with Crippen molar-refractivity contribution >= 4 is 21.8 Å². The molecule has 0 aliphatic heterocycles. The number of rotatable bonds is 3. The van der Waals surface area contributed by atoms with Crippen LogP contribution in [0.2, 0.25) is 0 Å².